The summed E-state index contributed by atoms with van der Waals surface area (Å²) in [7, 11) is 0. The van der Waals surface area contributed by atoms with Gasteiger partial charge in [0.1, 0.15) is 5.75 Å². The fourth-order valence-electron chi connectivity index (χ4n) is 4.03. The summed E-state index contributed by atoms with van der Waals surface area (Å²) in [6.45, 7) is 1.38. The van der Waals surface area contributed by atoms with Crippen LogP contribution in [0.25, 0.3) is 22.4 Å². The number of aromatic nitrogens is 4. The molecule has 5 rings (SSSR count). The van der Waals surface area contributed by atoms with E-state index in [2.05, 4.69) is 30.6 Å². The first-order valence-corrected chi connectivity index (χ1v) is 10.0. The van der Waals surface area contributed by atoms with Gasteiger partial charge < -0.3 is 15.3 Å². The van der Waals surface area contributed by atoms with Crippen LogP contribution < -0.4 is 10.2 Å². The van der Waals surface area contributed by atoms with E-state index in [0.29, 0.717) is 36.5 Å². The van der Waals surface area contributed by atoms with Crippen molar-refractivity contribution >= 4 is 5.82 Å². The van der Waals surface area contributed by atoms with Crippen LogP contribution in [-0.2, 0) is 0 Å². The van der Waals surface area contributed by atoms with Crippen LogP contribution in [0.2, 0.25) is 0 Å². The van der Waals surface area contributed by atoms with Gasteiger partial charge in [-0.3, -0.25) is 5.10 Å². The van der Waals surface area contributed by atoms with E-state index in [9.17, 15) is 13.9 Å². The smallest absolute Gasteiger partial charge is 0.256 e. The van der Waals surface area contributed by atoms with Crippen LogP contribution in [0.1, 0.15) is 19.3 Å². The number of benzene rings is 1. The van der Waals surface area contributed by atoms with Crippen LogP contribution in [0.3, 0.4) is 0 Å². The van der Waals surface area contributed by atoms with Crippen LogP contribution in [0.4, 0.5) is 14.6 Å². The maximum atomic E-state index is 13.2. The predicted octanol–water partition coefficient (Wildman–Crippen LogP) is 3.21. The molecule has 1 saturated heterocycles. The molecule has 9 heteroatoms. The Morgan fingerprint density at radius 3 is 2.67 bits per heavy atom. The second-order valence-electron chi connectivity index (χ2n) is 8.03. The number of aromatic hydroxyl groups is 1. The van der Waals surface area contributed by atoms with Crippen molar-refractivity contribution in [2.24, 2.45) is 0 Å². The van der Waals surface area contributed by atoms with Crippen LogP contribution in [0, 0.1) is 0 Å². The van der Waals surface area contributed by atoms with Gasteiger partial charge in [-0.05, 0) is 49.1 Å². The zero-order valence-electron chi connectivity index (χ0n) is 16.2. The number of hydrogen-bond donors (Lipinski definition) is 3. The molecule has 3 aromatic rings. The number of phenols is 1. The molecule has 3 heterocycles. The van der Waals surface area contributed by atoms with Crippen LogP contribution in [-0.4, -0.2) is 56.6 Å². The fraction of sp³-hybridized carbons (Fsp3) is 0.381. The summed E-state index contributed by atoms with van der Waals surface area (Å²) in [6.07, 6.45) is 3.00. The zero-order valence-corrected chi connectivity index (χ0v) is 16.2. The molecule has 1 aliphatic heterocycles. The Balaban J connectivity index is 1.27. The fourth-order valence-corrected chi connectivity index (χ4v) is 4.03. The number of rotatable bonds is 6. The third-order valence-electron chi connectivity index (χ3n) is 5.97. The first-order valence-electron chi connectivity index (χ1n) is 10.0. The van der Waals surface area contributed by atoms with Crippen LogP contribution in [0.15, 0.2) is 42.7 Å². The number of nitrogens with one attached hydrogen (secondary N) is 2. The van der Waals surface area contributed by atoms with Gasteiger partial charge in [0, 0.05) is 36.5 Å². The highest BCUT2D eigenvalue weighted by Crippen LogP contribution is 2.42. The standard InChI is InChI=1S/C21H22F2N6O/c22-20(23)21(6-7-21)26-15-5-8-29(12-15)19-4-3-17(27-28-19)16-2-1-13(9-18(16)30)14-10-24-25-11-14/h1-4,9-11,15,20,26,30H,5-8,12H2,(H,24,25). The van der Waals surface area contributed by atoms with Crippen molar-refractivity contribution in [3.63, 3.8) is 0 Å². The second kappa shape index (κ2) is 7.32. The highest BCUT2D eigenvalue weighted by molar-refractivity contribution is 5.73. The lowest BCUT2D eigenvalue weighted by Crippen LogP contribution is -2.46. The van der Waals surface area contributed by atoms with E-state index >= 15 is 0 Å². The van der Waals surface area contributed by atoms with Gasteiger partial charge in [0.05, 0.1) is 17.4 Å². The number of anilines is 1. The van der Waals surface area contributed by atoms with Crippen molar-refractivity contribution in [1.82, 2.24) is 25.7 Å². The molecule has 1 atom stereocenters. The molecule has 1 aromatic carbocycles. The molecule has 0 bridgehead atoms. The molecule has 1 unspecified atom stereocenters. The van der Waals surface area contributed by atoms with Gasteiger partial charge in [-0.15, -0.1) is 10.2 Å². The summed E-state index contributed by atoms with van der Waals surface area (Å²) >= 11 is 0. The molecule has 0 spiro atoms. The summed E-state index contributed by atoms with van der Waals surface area (Å²) in [6, 6.07) is 9.07. The number of alkyl halides is 2. The second-order valence-corrected chi connectivity index (χ2v) is 8.03. The molecule has 1 aliphatic carbocycles. The summed E-state index contributed by atoms with van der Waals surface area (Å²) in [5, 5.41) is 28.8. The Morgan fingerprint density at radius 1 is 1.17 bits per heavy atom. The Kier molecular flexibility index (Phi) is 4.62. The zero-order chi connectivity index (χ0) is 20.7. The average molecular weight is 412 g/mol. The maximum absolute atomic E-state index is 13.2. The average Bonchev–Trinajstić information content (AvgIpc) is 3.14. The lowest BCUT2D eigenvalue weighted by Gasteiger charge is -2.22. The molecule has 2 aromatic heterocycles. The van der Waals surface area contributed by atoms with E-state index in [-0.39, 0.29) is 11.8 Å². The quantitative estimate of drug-likeness (QED) is 0.576. The molecular formula is C21H22F2N6O. The molecule has 7 nitrogen and oxygen atoms in total. The normalized spacial score (nSPS) is 20.1. The van der Waals surface area contributed by atoms with Gasteiger partial charge in [0.2, 0.25) is 0 Å². The number of halogens is 2. The van der Waals surface area contributed by atoms with Crippen LogP contribution in [0.5, 0.6) is 5.75 Å². The van der Waals surface area contributed by atoms with E-state index in [1.807, 2.05) is 18.2 Å². The number of phenolic OH excluding ortho intramolecular Hbond substituents is 1. The summed E-state index contributed by atoms with van der Waals surface area (Å²) in [5.74, 6) is 0.822. The van der Waals surface area contributed by atoms with Gasteiger partial charge >= 0.3 is 0 Å². The predicted molar refractivity (Wildman–Crippen MR) is 108 cm³/mol. The van der Waals surface area contributed by atoms with Crippen molar-refractivity contribution in [3.8, 4) is 28.1 Å². The van der Waals surface area contributed by atoms with Crippen molar-refractivity contribution in [2.75, 3.05) is 18.0 Å². The van der Waals surface area contributed by atoms with Crippen molar-refractivity contribution in [3.05, 3.63) is 42.7 Å². The third-order valence-corrected chi connectivity index (χ3v) is 5.97. The molecule has 2 aliphatic rings. The minimum atomic E-state index is -2.32. The van der Waals surface area contributed by atoms with Gasteiger partial charge in [-0.25, -0.2) is 8.78 Å². The number of hydrogen-bond acceptors (Lipinski definition) is 6. The van der Waals surface area contributed by atoms with E-state index in [1.54, 1.807) is 24.5 Å². The SMILES string of the molecule is Oc1cc(-c2cn[nH]c2)ccc1-c1ccc(N2CCC(NC3(C(F)F)CC3)C2)nn1. The van der Waals surface area contributed by atoms with Crippen molar-refractivity contribution in [1.29, 1.82) is 0 Å². The van der Waals surface area contributed by atoms with E-state index in [0.717, 1.165) is 24.1 Å². The monoisotopic (exact) mass is 412 g/mol. The summed E-state index contributed by atoms with van der Waals surface area (Å²) in [5.41, 5.74) is 1.92. The van der Waals surface area contributed by atoms with Crippen LogP contribution >= 0.6 is 0 Å². The molecule has 0 radical (unpaired) electrons. The first kappa shape index (κ1) is 18.9. The third kappa shape index (κ3) is 3.49. The number of H-pyrrole nitrogens is 1. The van der Waals surface area contributed by atoms with Crippen molar-refractivity contribution < 1.29 is 13.9 Å². The Bertz CT molecular complexity index is 1020. The Labute approximate surface area is 172 Å². The van der Waals surface area contributed by atoms with Gasteiger partial charge in [-0.2, -0.15) is 5.10 Å². The Morgan fingerprint density at radius 2 is 2.03 bits per heavy atom. The summed E-state index contributed by atoms with van der Waals surface area (Å²) in [4.78, 5) is 2.05. The van der Waals surface area contributed by atoms with E-state index in [1.165, 1.54) is 0 Å². The molecule has 0 amide bonds. The number of aromatic amines is 1. The van der Waals surface area contributed by atoms with E-state index < -0.39 is 12.0 Å². The minimum Gasteiger partial charge on any atom is -0.507 e. The van der Waals surface area contributed by atoms with E-state index in [4.69, 9.17) is 0 Å². The molecule has 3 N–H and O–H groups in total. The molecule has 156 valence electrons. The largest absolute Gasteiger partial charge is 0.507 e. The number of nitrogens with zero attached hydrogens (tertiary/aromatic N) is 4. The maximum Gasteiger partial charge on any atom is 0.256 e. The Hall–Kier alpha value is -3.07. The molecule has 1 saturated carbocycles. The van der Waals surface area contributed by atoms with Crippen molar-refractivity contribution in [2.45, 2.75) is 37.3 Å². The van der Waals surface area contributed by atoms with Gasteiger partial charge in [0.15, 0.2) is 5.82 Å². The molecule has 2 fully saturated rings. The highest BCUT2D eigenvalue weighted by Gasteiger charge is 2.52. The van der Waals surface area contributed by atoms with Gasteiger partial charge in [-0.1, -0.05) is 6.07 Å². The molecule has 30 heavy (non-hydrogen) atoms. The first-order chi connectivity index (χ1) is 14.5. The lowest BCUT2D eigenvalue weighted by atomic mass is 10.0. The highest BCUT2D eigenvalue weighted by atomic mass is 19.3. The summed E-state index contributed by atoms with van der Waals surface area (Å²) < 4.78 is 26.3. The molecular weight excluding hydrogens is 390 g/mol. The topological polar surface area (TPSA) is 90.0 Å². The minimum absolute atomic E-state index is 0.0301. The van der Waals surface area contributed by atoms with Gasteiger partial charge in [0.25, 0.3) is 6.43 Å². The lowest BCUT2D eigenvalue weighted by molar-refractivity contribution is 0.0802.